The van der Waals surface area contributed by atoms with Gasteiger partial charge in [-0.15, -0.1) is 0 Å². The van der Waals surface area contributed by atoms with Gasteiger partial charge >= 0.3 is 182 Å². The molecule has 0 fully saturated rings. The fraction of sp³-hybridized carbons (Fsp3) is 0.400. The fourth-order valence-electron chi connectivity index (χ4n) is 2.89. The number of para-hydroxylation sites is 1. The van der Waals surface area contributed by atoms with Crippen molar-refractivity contribution in [3.05, 3.63) is 39.0 Å². The first-order valence-corrected chi connectivity index (χ1v) is 11.8. The molecule has 0 saturated heterocycles. The van der Waals surface area contributed by atoms with Gasteiger partial charge in [0.25, 0.3) is 0 Å². The van der Waals surface area contributed by atoms with Crippen LogP contribution in [0.25, 0.3) is 19.9 Å². The summed E-state index contributed by atoms with van der Waals surface area (Å²) in [5.74, 6) is 0.531. The van der Waals surface area contributed by atoms with E-state index in [1.165, 1.54) is 0 Å². The first kappa shape index (κ1) is 20.8. The fourth-order valence-corrected chi connectivity index (χ4v) is 5.78. The standard InChI is InChI=1S/C20H20BrNO6Se/c21-15-17(23)19-18(16-20(15)29-14-4-2-1-3-13(14)22-16)27-11-9-25-7-5-24-6-8-26-10-12-28-19/h1-4H,5-12H2. The Kier molecular flexibility index (Phi) is 7.18. The molecule has 1 aliphatic carbocycles. The zero-order valence-corrected chi connectivity index (χ0v) is 18.9. The van der Waals surface area contributed by atoms with Gasteiger partial charge in [-0.2, -0.15) is 0 Å². The summed E-state index contributed by atoms with van der Waals surface area (Å²) >= 11 is 3.40. The minimum atomic E-state index is -0.233. The van der Waals surface area contributed by atoms with Crippen LogP contribution in [-0.4, -0.2) is 72.3 Å². The molecule has 0 saturated carbocycles. The monoisotopic (exact) mass is 529 g/mol. The van der Waals surface area contributed by atoms with E-state index in [-0.39, 0.29) is 38.9 Å². The Morgan fingerprint density at radius 2 is 1.41 bits per heavy atom. The van der Waals surface area contributed by atoms with Crippen LogP contribution in [0.1, 0.15) is 0 Å². The summed E-state index contributed by atoms with van der Waals surface area (Å²) in [4.78, 5) is 17.8. The number of benzene rings is 2. The van der Waals surface area contributed by atoms with Gasteiger partial charge < -0.3 is 0 Å². The molecule has 3 aliphatic rings. The molecule has 0 atom stereocenters. The molecule has 9 heteroatoms. The Labute approximate surface area is 182 Å². The summed E-state index contributed by atoms with van der Waals surface area (Å²) in [5, 5.41) is 0. The van der Waals surface area contributed by atoms with E-state index >= 15 is 0 Å². The third-order valence-corrected chi connectivity index (χ3v) is 8.04. The van der Waals surface area contributed by atoms with Crippen molar-refractivity contribution in [1.29, 1.82) is 0 Å². The van der Waals surface area contributed by atoms with E-state index in [9.17, 15) is 4.79 Å². The summed E-state index contributed by atoms with van der Waals surface area (Å²) in [6, 6.07) is 7.94. The van der Waals surface area contributed by atoms with Gasteiger partial charge in [0.2, 0.25) is 0 Å². The van der Waals surface area contributed by atoms with Crippen LogP contribution in [0.4, 0.5) is 0 Å². The maximum atomic E-state index is 13.0. The molecule has 1 aromatic rings. The van der Waals surface area contributed by atoms with Crippen molar-refractivity contribution < 1.29 is 23.7 Å². The average Bonchev–Trinajstić information content (AvgIpc) is 2.75. The molecular formula is C20H20BrNO6Se. The van der Waals surface area contributed by atoms with Crippen LogP contribution in [-0.2, 0) is 14.2 Å². The Morgan fingerprint density at radius 1 is 0.828 bits per heavy atom. The summed E-state index contributed by atoms with van der Waals surface area (Å²) in [6.07, 6.45) is 0. The van der Waals surface area contributed by atoms with Gasteiger partial charge in [-0.3, -0.25) is 0 Å². The Bertz CT molecular complexity index is 1010. The molecule has 2 aliphatic heterocycles. The van der Waals surface area contributed by atoms with E-state index in [0.717, 1.165) is 14.2 Å². The molecule has 0 amide bonds. The summed E-state index contributed by atoms with van der Waals surface area (Å²) < 4.78 is 30.7. The molecule has 7 nitrogen and oxygen atoms in total. The molecule has 29 heavy (non-hydrogen) atoms. The van der Waals surface area contributed by atoms with Crippen molar-refractivity contribution in [3.8, 4) is 21.6 Å². The summed E-state index contributed by atoms with van der Waals surface area (Å²) in [5.41, 5.74) is 1.31. The number of hydrogen-bond donors (Lipinski definition) is 0. The van der Waals surface area contributed by atoms with Gasteiger partial charge in [0, 0.05) is 0 Å². The molecule has 154 valence electrons. The van der Waals surface area contributed by atoms with E-state index in [4.69, 9.17) is 28.7 Å². The van der Waals surface area contributed by atoms with Crippen molar-refractivity contribution >= 4 is 40.2 Å². The van der Waals surface area contributed by atoms with Crippen LogP contribution >= 0.6 is 15.9 Å². The van der Waals surface area contributed by atoms with Crippen LogP contribution in [0, 0.1) is 0 Å². The number of rotatable bonds is 0. The van der Waals surface area contributed by atoms with E-state index in [1.807, 2.05) is 24.3 Å². The second-order valence-corrected chi connectivity index (χ2v) is 9.20. The number of hydrogen-bond acceptors (Lipinski definition) is 7. The van der Waals surface area contributed by atoms with E-state index in [2.05, 4.69) is 15.9 Å². The molecule has 2 heterocycles. The van der Waals surface area contributed by atoms with Crippen molar-refractivity contribution in [2.45, 2.75) is 0 Å². The van der Waals surface area contributed by atoms with Gasteiger partial charge in [0.05, 0.1) is 0 Å². The Morgan fingerprint density at radius 3 is 2.10 bits per heavy atom. The van der Waals surface area contributed by atoms with Crippen LogP contribution in [0.5, 0.6) is 11.5 Å². The van der Waals surface area contributed by atoms with E-state index in [1.54, 1.807) is 0 Å². The quantitative estimate of drug-likeness (QED) is 0.327. The number of aromatic nitrogens is 1. The predicted octanol–water partition coefficient (Wildman–Crippen LogP) is 2.34. The molecular weight excluding hydrogens is 509 g/mol. The maximum absolute atomic E-state index is 13.0. The summed E-state index contributed by atoms with van der Waals surface area (Å²) in [6.45, 7) is 3.15. The molecule has 0 radical (unpaired) electrons. The van der Waals surface area contributed by atoms with Gasteiger partial charge in [-0.05, 0) is 0 Å². The first-order chi connectivity index (χ1) is 14.3. The van der Waals surface area contributed by atoms with Gasteiger partial charge in [-0.1, -0.05) is 0 Å². The summed E-state index contributed by atoms with van der Waals surface area (Å²) in [7, 11) is 0. The molecule has 4 rings (SSSR count). The van der Waals surface area contributed by atoms with Crippen molar-refractivity contribution in [3.63, 3.8) is 0 Å². The third kappa shape index (κ3) is 4.82. The zero-order chi connectivity index (χ0) is 20.1. The van der Waals surface area contributed by atoms with Gasteiger partial charge in [0.1, 0.15) is 0 Å². The average molecular weight is 529 g/mol. The van der Waals surface area contributed by atoms with Crippen molar-refractivity contribution in [1.82, 2.24) is 4.98 Å². The molecule has 0 N–H and O–H groups in total. The normalized spacial score (nSPS) is 17.0. The SMILES string of the molecule is O=c1c(Br)c2[se]c3ccccc3nc-2c2c1OCCOCCOCCOCCO2. The molecule has 0 unspecified atom stereocenters. The Hall–Kier alpha value is -1.48. The molecule has 0 aromatic heterocycles. The van der Waals surface area contributed by atoms with Crippen molar-refractivity contribution in [2.75, 3.05) is 52.9 Å². The topological polar surface area (TPSA) is 76.1 Å². The predicted molar refractivity (Wildman–Crippen MR) is 113 cm³/mol. The van der Waals surface area contributed by atoms with Crippen LogP contribution in [0.3, 0.4) is 0 Å². The van der Waals surface area contributed by atoms with Crippen LogP contribution in [0.15, 0.2) is 33.5 Å². The van der Waals surface area contributed by atoms with Gasteiger partial charge in [0.15, 0.2) is 0 Å². The molecule has 0 bridgehead atoms. The van der Waals surface area contributed by atoms with Gasteiger partial charge in [-0.25, -0.2) is 0 Å². The van der Waals surface area contributed by atoms with Crippen LogP contribution in [0.2, 0.25) is 0 Å². The van der Waals surface area contributed by atoms with E-state index in [0.29, 0.717) is 55.6 Å². The number of nitrogens with zero attached hydrogens (tertiary/aromatic N) is 1. The zero-order valence-electron chi connectivity index (χ0n) is 15.6. The molecule has 1 aromatic carbocycles. The third-order valence-electron chi connectivity index (χ3n) is 4.24. The Balaban J connectivity index is 1.77. The number of ether oxygens (including phenoxy) is 5. The minimum absolute atomic E-state index is 0.0714. The second-order valence-electron chi connectivity index (χ2n) is 6.19. The number of halogens is 1. The first-order valence-electron chi connectivity index (χ1n) is 9.29. The van der Waals surface area contributed by atoms with E-state index < -0.39 is 0 Å². The second kappa shape index (κ2) is 10.0. The molecule has 0 spiro atoms. The van der Waals surface area contributed by atoms with Crippen molar-refractivity contribution in [2.24, 2.45) is 0 Å². The van der Waals surface area contributed by atoms with Crippen LogP contribution < -0.4 is 14.9 Å². The number of fused-ring (bicyclic) bond motifs is 4.